The molecule has 0 aliphatic carbocycles. The second-order valence-corrected chi connectivity index (χ2v) is 11.4. The predicted molar refractivity (Wildman–Crippen MR) is 166 cm³/mol. The number of nitrogens with zero attached hydrogens (tertiary/aromatic N) is 3. The van der Waals surface area contributed by atoms with Crippen LogP contribution in [0.2, 0.25) is 0 Å². The van der Waals surface area contributed by atoms with E-state index in [4.69, 9.17) is 9.47 Å². The Morgan fingerprint density at radius 3 is 2.52 bits per heavy atom. The summed E-state index contributed by atoms with van der Waals surface area (Å²) in [5, 5.41) is 5.71. The topological polar surface area (TPSA) is 132 Å². The molecule has 0 saturated carbocycles. The molecule has 3 aliphatic heterocycles. The number of aryl methyl sites for hydroxylation is 2. The molecule has 0 spiro atoms. The van der Waals surface area contributed by atoms with E-state index in [1.807, 2.05) is 0 Å². The molecule has 0 radical (unpaired) electrons. The van der Waals surface area contributed by atoms with Gasteiger partial charge in [0.25, 0.3) is 11.8 Å². The molecule has 11 nitrogen and oxygen atoms in total. The highest BCUT2D eigenvalue weighted by Gasteiger charge is 2.38. The van der Waals surface area contributed by atoms with Gasteiger partial charge in [0, 0.05) is 24.5 Å². The minimum atomic E-state index is -0.715. The van der Waals surface area contributed by atoms with Crippen LogP contribution in [0.5, 0.6) is 11.5 Å². The highest BCUT2D eigenvalue weighted by atomic mass is 19.1. The number of aromatic nitrogens is 2. The lowest BCUT2D eigenvalue weighted by Crippen LogP contribution is -2.45. The molecule has 3 aliphatic rings. The smallest absolute Gasteiger partial charge is 0.348 e. The molecule has 3 aromatic carbocycles. The lowest BCUT2D eigenvalue weighted by molar-refractivity contribution is -0.131. The number of carbonyl (C=O) groups is 3. The van der Waals surface area contributed by atoms with Gasteiger partial charge in [0.05, 0.1) is 18.2 Å². The zero-order chi connectivity index (χ0) is 32.4. The zero-order valence-corrected chi connectivity index (χ0v) is 25.3. The van der Waals surface area contributed by atoms with Gasteiger partial charge in [-0.3, -0.25) is 19.0 Å². The number of ether oxygens (including phenoxy) is 2. The Morgan fingerprint density at radius 2 is 1.74 bits per heavy atom. The van der Waals surface area contributed by atoms with Gasteiger partial charge in [-0.25, -0.2) is 9.18 Å². The zero-order valence-electron chi connectivity index (χ0n) is 25.3. The largest absolute Gasteiger partial charge is 0.486 e. The standard InChI is InChI=1S/C34H32FN5O6/c1-20-12-21(2)40(34(44)37-20)18-32(42)39-16-29-30(17-39)46-25-9-6-22(7-10-25)15-36-31(41)19-45-26-5-3-4-23(13-26)24-8-11-28(35)27(14-24)33(43)38-29/h3-14,29-30H,15-19H2,1-2H3,(H,36,41)(H,38,43)/t29-,30-/m0/s1. The number of nitrogens with one attached hydrogen (secondary N) is 2. The molecular formula is C34H32FN5O6. The van der Waals surface area contributed by atoms with Crippen LogP contribution in [0, 0.1) is 19.7 Å². The third-order valence-corrected chi connectivity index (χ3v) is 8.02. The third-order valence-electron chi connectivity index (χ3n) is 8.02. The third kappa shape index (κ3) is 6.75. The lowest BCUT2D eigenvalue weighted by Gasteiger charge is -2.21. The minimum absolute atomic E-state index is 0.0765. The van der Waals surface area contributed by atoms with Crippen LogP contribution in [0.4, 0.5) is 4.39 Å². The van der Waals surface area contributed by atoms with Gasteiger partial charge in [-0.05, 0) is 73.0 Å². The van der Waals surface area contributed by atoms with Crippen LogP contribution in [-0.2, 0) is 22.7 Å². The Hall–Kier alpha value is -5.52. The molecular weight excluding hydrogens is 593 g/mol. The first-order valence-electron chi connectivity index (χ1n) is 14.8. The normalized spacial score (nSPS) is 18.1. The molecule has 236 valence electrons. The molecule has 2 N–H and O–H groups in total. The maximum Gasteiger partial charge on any atom is 0.348 e. The van der Waals surface area contributed by atoms with E-state index in [-0.39, 0.29) is 50.2 Å². The van der Waals surface area contributed by atoms with E-state index in [0.717, 1.165) is 5.56 Å². The average Bonchev–Trinajstić information content (AvgIpc) is 3.43. The van der Waals surface area contributed by atoms with Gasteiger partial charge in [-0.2, -0.15) is 4.98 Å². The van der Waals surface area contributed by atoms with E-state index in [1.165, 1.54) is 21.6 Å². The van der Waals surface area contributed by atoms with E-state index < -0.39 is 29.6 Å². The summed E-state index contributed by atoms with van der Waals surface area (Å²) >= 11 is 0. The van der Waals surface area contributed by atoms with Gasteiger partial charge in [-0.1, -0.05) is 30.3 Å². The number of benzene rings is 3. The van der Waals surface area contributed by atoms with Crippen molar-refractivity contribution in [2.24, 2.45) is 0 Å². The number of amides is 3. The first kappa shape index (κ1) is 30.5. The maximum absolute atomic E-state index is 15.1. The Labute approximate surface area is 264 Å². The van der Waals surface area contributed by atoms with Crippen LogP contribution in [0.25, 0.3) is 11.1 Å². The van der Waals surface area contributed by atoms with Crippen LogP contribution in [0.15, 0.2) is 77.6 Å². The van der Waals surface area contributed by atoms with E-state index in [0.29, 0.717) is 34.0 Å². The fourth-order valence-electron chi connectivity index (χ4n) is 5.59. The monoisotopic (exact) mass is 625 g/mol. The molecule has 2 atom stereocenters. The lowest BCUT2D eigenvalue weighted by atomic mass is 10.0. The van der Waals surface area contributed by atoms with E-state index >= 15 is 4.39 Å². The van der Waals surface area contributed by atoms with Crippen molar-refractivity contribution in [3.63, 3.8) is 0 Å². The molecule has 6 bridgehead atoms. The van der Waals surface area contributed by atoms with E-state index in [9.17, 15) is 19.2 Å². The summed E-state index contributed by atoms with van der Waals surface area (Å²) in [5.74, 6) is -1.13. The van der Waals surface area contributed by atoms with Crippen molar-refractivity contribution in [2.45, 2.75) is 39.1 Å². The number of halogens is 1. The Kier molecular flexibility index (Phi) is 8.51. The van der Waals surface area contributed by atoms with Gasteiger partial charge < -0.3 is 25.0 Å². The Morgan fingerprint density at radius 1 is 0.957 bits per heavy atom. The van der Waals surface area contributed by atoms with Crippen molar-refractivity contribution >= 4 is 17.7 Å². The second-order valence-electron chi connectivity index (χ2n) is 11.4. The Balaban J connectivity index is 1.31. The number of fused-ring (bicyclic) bond motifs is 7. The summed E-state index contributed by atoms with van der Waals surface area (Å²) in [5.41, 5.74) is 2.51. The van der Waals surface area contributed by atoms with Crippen molar-refractivity contribution < 1.29 is 28.2 Å². The highest BCUT2D eigenvalue weighted by molar-refractivity contribution is 5.96. The summed E-state index contributed by atoms with van der Waals surface area (Å²) < 4.78 is 28.3. The maximum atomic E-state index is 15.1. The molecule has 46 heavy (non-hydrogen) atoms. The fourth-order valence-corrected chi connectivity index (χ4v) is 5.59. The second kappa shape index (κ2) is 12.8. The highest BCUT2D eigenvalue weighted by Crippen LogP contribution is 2.27. The Bertz CT molecular complexity index is 1880. The molecule has 4 aromatic rings. The fraction of sp³-hybridized carbons (Fsp3) is 0.265. The first-order valence-corrected chi connectivity index (χ1v) is 14.8. The van der Waals surface area contributed by atoms with Crippen molar-refractivity contribution in [1.29, 1.82) is 0 Å². The van der Waals surface area contributed by atoms with Crippen molar-refractivity contribution in [3.8, 4) is 22.6 Å². The van der Waals surface area contributed by atoms with Crippen molar-refractivity contribution in [3.05, 3.63) is 112 Å². The molecule has 12 heteroatoms. The molecule has 1 saturated heterocycles. The summed E-state index contributed by atoms with van der Waals surface area (Å²) in [4.78, 5) is 57.4. The van der Waals surface area contributed by atoms with Gasteiger partial charge in [0.2, 0.25) is 5.91 Å². The molecule has 1 aromatic heterocycles. The molecule has 1 fully saturated rings. The predicted octanol–water partition coefficient (Wildman–Crippen LogP) is 2.76. The number of carbonyl (C=O) groups excluding carboxylic acids is 3. The van der Waals surface area contributed by atoms with Gasteiger partial charge in [0.1, 0.15) is 30.0 Å². The van der Waals surface area contributed by atoms with Gasteiger partial charge in [-0.15, -0.1) is 0 Å². The summed E-state index contributed by atoms with van der Waals surface area (Å²) in [6, 6.07) is 19.2. The van der Waals surface area contributed by atoms with Gasteiger partial charge >= 0.3 is 5.69 Å². The summed E-state index contributed by atoms with van der Waals surface area (Å²) in [7, 11) is 0. The summed E-state index contributed by atoms with van der Waals surface area (Å²) in [6.45, 7) is 3.47. The molecule has 3 amide bonds. The number of likely N-dealkylation sites (tertiary alicyclic amines) is 1. The SMILES string of the molecule is Cc1cc(C)n(CC(=O)N2C[C@@H]3NC(=O)c4cc(ccc4F)-c4cccc(c4)OCC(=O)NCc4ccc(cc4)O[C@H]3C2)c(=O)n1. The van der Waals surface area contributed by atoms with E-state index in [2.05, 4.69) is 15.6 Å². The average molecular weight is 626 g/mol. The quantitative estimate of drug-likeness (QED) is 0.350. The number of hydrogen-bond acceptors (Lipinski definition) is 7. The van der Waals surface area contributed by atoms with E-state index in [1.54, 1.807) is 74.5 Å². The van der Waals surface area contributed by atoms with Crippen LogP contribution >= 0.6 is 0 Å². The number of rotatable bonds is 2. The first-order chi connectivity index (χ1) is 22.1. The minimum Gasteiger partial charge on any atom is -0.486 e. The van der Waals surface area contributed by atoms with Gasteiger partial charge in [0.15, 0.2) is 6.61 Å². The molecule has 7 rings (SSSR count). The van der Waals surface area contributed by atoms with Crippen LogP contribution in [-0.4, -0.2) is 64.0 Å². The summed E-state index contributed by atoms with van der Waals surface area (Å²) in [6.07, 6.45) is -0.682. The van der Waals surface area contributed by atoms with Crippen LogP contribution in [0.1, 0.15) is 27.3 Å². The van der Waals surface area contributed by atoms with Crippen LogP contribution < -0.4 is 25.8 Å². The van der Waals surface area contributed by atoms with Crippen LogP contribution in [0.3, 0.4) is 0 Å². The molecule has 0 unspecified atom stereocenters. The van der Waals surface area contributed by atoms with Crippen molar-refractivity contribution in [2.75, 3.05) is 19.7 Å². The van der Waals surface area contributed by atoms with Crippen molar-refractivity contribution in [1.82, 2.24) is 25.1 Å². The number of hydrogen-bond donors (Lipinski definition) is 2. The molecule has 4 heterocycles.